The first-order valence-electron chi connectivity index (χ1n) is 13.9. The van der Waals surface area contributed by atoms with Crippen molar-refractivity contribution in [3.8, 4) is 11.1 Å². The Morgan fingerprint density at radius 3 is 2.26 bits per heavy atom. The molecule has 3 aromatic rings. The molecule has 1 saturated carbocycles. The van der Waals surface area contributed by atoms with Crippen LogP contribution in [0.5, 0.6) is 0 Å². The van der Waals surface area contributed by atoms with Crippen molar-refractivity contribution < 1.29 is 31.9 Å². The van der Waals surface area contributed by atoms with Crippen molar-refractivity contribution in [3.63, 3.8) is 0 Å². The lowest BCUT2D eigenvalue weighted by atomic mass is 9.89. The van der Waals surface area contributed by atoms with E-state index in [9.17, 15) is 22.8 Å². The zero-order chi connectivity index (χ0) is 30.6. The molecule has 1 aliphatic carbocycles. The summed E-state index contributed by atoms with van der Waals surface area (Å²) in [6.45, 7) is 6.25. The first kappa shape index (κ1) is 30.9. The lowest BCUT2D eigenvalue weighted by Gasteiger charge is -2.40. The van der Waals surface area contributed by atoms with Gasteiger partial charge in [0.05, 0.1) is 24.0 Å². The molecule has 2 amide bonds. The van der Waals surface area contributed by atoms with Gasteiger partial charge in [-0.1, -0.05) is 31.5 Å². The minimum absolute atomic E-state index is 0.0550. The van der Waals surface area contributed by atoms with Crippen LogP contribution in [0.4, 0.5) is 39.4 Å². The summed E-state index contributed by atoms with van der Waals surface area (Å²) in [5.41, 5.74) is 1.75. The van der Waals surface area contributed by atoms with E-state index in [2.05, 4.69) is 10.6 Å². The number of urea groups is 1. The fourth-order valence-electron chi connectivity index (χ4n) is 5.23. The largest absolute Gasteiger partial charge is 0.465 e. The highest BCUT2D eigenvalue weighted by Crippen LogP contribution is 2.41. The predicted octanol–water partition coefficient (Wildman–Crippen LogP) is 8.41. The third kappa shape index (κ3) is 7.40. The van der Waals surface area contributed by atoms with Crippen LogP contribution in [-0.2, 0) is 4.74 Å². The Balaban J connectivity index is 1.82. The number of esters is 1. The number of benzene rings is 3. The van der Waals surface area contributed by atoms with Gasteiger partial charge in [0.25, 0.3) is 0 Å². The van der Waals surface area contributed by atoms with Gasteiger partial charge in [-0.05, 0) is 68.1 Å². The number of methoxy groups -OCH3 is 1. The van der Waals surface area contributed by atoms with Crippen LogP contribution in [0.2, 0.25) is 0 Å². The summed E-state index contributed by atoms with van der Waals surface area (Å²) in [5, 5.41) is 5.52. The van der Waals surface area contributed by atoms with E-state index in [-0.39, 0.29) is 60.0 Å². The fourth-order valence-corrected chi connectivity index (χ4v) is 5.23. The maximum Gasteiger partial charge on any atom is 0.338 e. The lowest BCUT2D eigenvalue weighted by molar-refractivity contribution is -0.0382. The minimum Gasteiger partial charge on any atom is -0.465 e. The number of nitrogens with zero attached hydrogens (tertiary/aromatic N) is 1. The van der Waals surface area contributed by atoms with Gasteiger partial charge in [-0.3, -0.25) is 0 Å². The molecule has 0 spiro atoms. The summed E-state index contributed by atoms with van der Waals surface area (Å²) < 4.78 is 63.2. The molecule has 42 heavy (non-hydrogen) atoms. The maximum atomic E-state index is 16.0. The van der Waals surface area contributed by atoms with Gasteiger partial charge in [-0.2, -0.15) is 0 Å². The number of hydrogen-bond acceptors (Lipinski definition) is 4. The van der Waals surface area contributed by atoms with Crippen LogP contribution < -0.4 is 15.5 Å². The highest BCUT2D eigenvalue weighted by atomic mass is 19.3. The molecule has 2 N–H and O–H groups in total. The van der Waals surface area contributed by atoms with E-state index in [4.69, 9.17) is 4.74 Å². The van der Waals surface area contributed by atoms with E-state index < -0.39 is 29.6 Å². The molecule has 0 saturated heterocycles. The maximum absolute atomic E-state index is 16.0. The molecule has 0 unspecified atom stereocenters. The van der Waals surface area contributed by atoms with E-state index >= 15 is 4.39 Å². The third-order valence-electron chi connectivity index (χ3n) is 7.32. The third-order valence-corrected chi connectivity index (χ3v) is 7.32. The molecule has 0 atom stereocenters. The molecule has 3 aromatic carbocycles. The second kappa shape index (κ2) is 12.8. The molecular weight excluding hydrogens is 550 g/mol. The second-order valence-corrected chi connectivity index (χ2v) is 11.1. The van der Waals surface area contributed by atoms with Gasteiger partial charge in [-0.15, -0.1) is 0 Å². The van der Waals surface area contributed by atoms with Crippen molar-refractivity contribution in [3.05, 3.63) is 77.4 Å². The van der Waals surface area contributed by atoms with E-state index in [0.717, 1.165) is 24.8 Å². The molecule has 224 valence electrons. The molecule has 0 radical (unpaired) electrons. The Kier molecular flexibility index (Phi) is 9.43. The normalized spacial score (nSPS) is 14.9. The Hall–Kier alpha value is -4.08. The molecule has 4 rings (SSSR count). The molecule has 0 heterocycles. The number of carbonyl (C=O) groups is 2. The zero-order valence-electron chi connectivity index (χ0n) is 24.1. The summed E-state index contributed by atoms with van der Waals surface area (Å²) in [5.74, 6) is -4.94. The zero-order valence-corrected chi connectivity index (χ0v) is 24.1. The van der Waals surface area contributed by atoms with E-state index in [1.54, 1.807) is 12.1 Å². The number of rotatable bonds is 8. The Labute approximate surface area is 243 Å². The van der Waals surface area contributed by atoms with E-state index in [1.165, 1.54) is 18.2 Å². The second-order valence-electron chi connectivity index (χ2n) is 11.1. The summed E-state index contributed by atoms with van der Waals surface area (Å²) in [7, 11) is 1.16. The number of nitrogens with one attached hydrogen (secondary N) is 2. The van der Waals surface area contributed by atoms with Crippen LogP contribution in [0.1, 0.15) is 55.5 Å². The standard InChI is InChI=1S/C32H35F4N3O3/c1-19(2)18-39(23-11-13-32(35,36)14-12-23)29-17-27(34)26(25-15-21(33)7-10-24(25)30(40)42-4)16-28(29)38-31(41)37-22-8-5-20(3)6-9-22/h5-10,15-17,19,23H,11-14,18H2,1-4H3,(H2,37,38,41). The van der Waals surface area contributed by atoms with Crippen LogP contribution in [0.15, 0.2) is 54.6 Å². The SMILES string of the molecule is COC(=O)c1ccc(F)cc1-c1cc(NC(=O)Nc2ccc(C)cc2)c(N(CC(C)C)C2CCC(F)(F)CC2)cc1F. The first-order chi connectivity index (χ1) is 19.9. The van der Waals surface area contributed by atoms with Gasteiger partial charge in [0.15, 0.2) is 0 Å². The number of aryl methyl sites for hydroxylation is 1. The lowest BCUT2D eigenvalue weighted by Crippen LogP contribution is -2.43. The summed E-state index contributed by atoms with van der Waals surface area (Å²) in [6, 6.07) is 12.0. The molecule has 6 nitrogen and oxygen atoms in total. The Morgan fingerprint density at radius 1 is 0.976 bits per heavy atom. The fraction of sp³-hybridized carbons (Fsp3) is 0.375. The number of alkyl halides is 2. The van der Waals surface area contributed by atoms with Crippen molar-refractivity contribution >= 4 is 29.1 Å². The minimum atomic E-state index is -2.76. The van der Waals surface area contributed by atoms with Crippen molar-refractivity contribution in [1.82, 2.24) is 0 Å². The summed E-state index contributed by atoms with van der Waals surface area (Å²) in [4.78, 5) is 27.5. The quantitative estimate of drug-likeness (QED) is 0.206. The number of amides is 2. The van der Waals surface area contributed by atoms with Crippen molar-refractivity contribution in [1.29, 1.82) is 0 Å². The molecule has 1 fully saturated rings. The van der Waals surface area contributed by atoms with Gasteiger partial charge >= 0.3 is 12.0 Å². The molecular formula is C32H35F4N3O3. The Morgan fingerprint density at radius 2 is 1.64 bits per heavy atom. The average molecular weight is 586 g/mol. The van der Waals surface area contributed by atoms with Gasteiger partial charge in [0, 0.05) is 42.2 Å². The van der Waals surface area contributed by atoms with Crippen molar-refractivity contribution in [2.75, 3.05) is 29.2 Å². The van der Waals surface area contributed by atoms with Crippen molar-refractivity contribution in [2.45, 2.75) is 58.4 Å². The number of halogens is 4. The molecule has 0 aromatic heterocycles. The monoisotopic (exact) mass is 585 g/mol. The number of hydrogen-bond donors (Lipinski definition) is 2. The number of anilines is 3. The van der Waals surface area contributed by atoms with Gasteiger partial charge in [0.2, 0.25) is 5.92 Å². The molecule has 0 aliphatic heterocycles. The summed E-state index contributed by atoms with van der Waals surface area (Å²) in [6.07, 6.45) is -0.215. The van der Waals surface area contributed by atoms with Gasteiger partial charge < -0.3 is 20.3 Å². The van der Waals surface area contributed by atoms with E-state index in [1.807, 2.05) is 37.8 Å². The average Bonchev–Trinajstić information content (AvgIpc) is 2.93. The van der Waals surface area contributed by atoms with Gasteiger partial charge in [0.1, 0.15) is 11.6 Å². The van der Waals surface area contributed by atoms with Crippen LogP contribution in [0.3, 0.4) is 0 Å². The van der Waals surface area contributed by atoms with Gasteiger partial charge in [-0.25, -0.2) is 27.2 Å². The molecule has 0 bridgehead atoms. The molecule has 10 heteroatoms. The van der Waals surface area contributed by atoms with Crippen LogP contribution >= 0.6 is 0 Å². The smallest absolute Gasteiger partial charge is 0.338 e. The predicted molar refractivity (Wildman–Crippen MR) is 156 cm³/mol. The first-order valence-corrected chi connectivity index (χ1v) is 13.9. The van der Waals surface area contributed by atoms with Crippen LogP contribution in [0, 0.1) is 24.5 Å². The molecule has 1 aliphatic rings. The summed E-state index contributed by atoms with van der Waals surface area (Å²) >= 11 is 0. The van der Waals surface area contributed by atoms with Crippen LogP contribution in [-0.4, -0.2) is 37.6 Å². The van der Waals surface area contributed by atoms with Crippen molar-refractivity contribution in [2.24, 2.45) is 5.92 Å². The Bertz CT molecular complexity index is 1430. The topological polar surface area (TPSA) is 70.7 Å². The van der Waals surface area contributed by atoms with E-state index in [0.29, 0.717) is 17.9 Å². The number of carbonyl (C=O) groups excluding carboxylic acids is 2. The highest BCUT2D eigenvalue weighted by molar-refractivity contribution is 6.03. The highest BCUT2D eigenvalue weighted by Gasteiger charge is 2.38. The number of ether oxygens (including phenoxy) is 1. The van der Waals surface area contributed by atoms with Crippen LogP contribution in [0.25, 0.3) is 11.1 Å².